The van der Waals surface area contributed by atoms with Crippen molar-refractivity contribution in [3.8, 4) is 0 Å². The quantitative estimate of drug-likeness (QED) is 0.615. The summed E-state index contributed by atoms with van der Waals surface area (Å²) in [5.74, 6) is -0.874. The lowest BCUT2D eigenvalue weighted by molar-refractivity contribution is -0.144. The van der Waals surface area contributed by atoms with E-state index < -0.39 is 17.3 Å². The van der Waals surface area contributed by atoms with Crippen LogP contribution in [-0.2, 0) is 19.1 Å². The Kier molecular flexibility index (Phi) is 6.04. The number of benzene rings is 1. The largest absolute Gasteiger partial charge is 0.465 e. The highest BCUT2D eigenvalue weighted by Crippen LogP contribution is 2.30. The minimum absolute atomic E-state index is 0.0850. The molecule has 1 aliphatic heterocycles. The van der Waals surface area contributed by atoms with E-state index in [1.165, 1.54) is 11.8 Å². The first-order valence-electron chi connectivity index (χ1n) is 7.10. The van der Waals surface area contributed by atoms with Gasteiger partial charge in [-0.15, -0.1) is 11.8 Å². The summed E-state index contributed by atoms with van der Waals surface area (Å²) in [6.07, 6.45) is 0.0850. The van der Waals surface area contributed by atoms with Gasteiger partial charge in [-0.1, -0.05) is 11.6 Å². The summed E-state index contributed by atoms with van der Waals surface area (Å²) in [7, 11) is 0. The Morgan fingerprint density at radius 2 is 2.09 bits per heavy atom. The summed E-state index contributed by atoms with van der Waals surface area (Å²) in [6.45, 7) is 1.95. The fraction of sp³-hybridized carbons (Fsp3) is 0.400. The second kappa shape index (κ2) is 7.81. The van der Waals surface area contributed by atoms with Gasteiger partial charge in [0.25, 0.3) is 0 Å². The Hall–Kier alpha value is -1.57. The maximum absolute atomic E-state index is 12.4. The second-order valence-electron chi connectivity index (χ2n) is 4.93. The minimum Gasteiger partial charge on any atom is -0.465 e. The topological polar surface area (TPSA) is 89.7 Å². The van der Waals surface area contributed by atoms with Gasteiger partial charge in [0.15, 0.2) is 0 Å². The Morgan fingerprint density at radius 1 is 1.43 bits per heavy atom. The third kappa shape index (κ3) is 4.25. The summed E-state index contributed by atoms with van der Waals surface area (Å²) in [6, 6.07) is 5.67. The molecule has 124 valence electrons. The van der Waals surface area contributed by atoms with Crippen molar-refractivity contribution in [2.24, 2.45) is 5.73 Å². The van der Waals surface area contributed by atoms with Crippen molar-refractivity contribution in [2.75, 3.05) is 17.3 Å². The molecule has 2 unspecified atom stereocenters. The summed E-state index contributed by atoms with van der Waals surface area (Å²) in [4.78, 5) is 37.1. The molecule has 23 heavy (non-hydrogen) atoms. The molecule has 2 rings (SSSR count). The molecular weight excluding hydrogens is 340 g/mol. The smallest absolute Gasteiger partial charge is 0.323 e. The Balaban J connectivity index is 1.98. The van der Waals surface area contributed by atoms with Crippen LogP contribution in [0, 0.1) is 0 Å². The van der Waals surface area contributed by atoms with Crippen LogP contribution in [0.4, 0.5) is 5.69 Å². The van der Waals surface area contributed by atoms with Gasteiger partial charge in [0.2, 0.25) is 11.8 Å². The molecule has 0 radical (unpaired) electrons. The number of carbonyl (C=O) groups excluding carboxylic acids is 3. The molecule has 8 heteroatoms. The number of amides is 2. The highest BCUT2D eigenvalue weighted by molar-refractivity contribution is 8.00. The molecule has 0 saturated carbocycles. The number of nitrogens with zero attached hydrogens (tertiary/aromatic N) is 1. The second-order valence-corrected chi connectivity index (χ2v) is 6.60. The van der Waals surface area contributed by atoms with E-state index in [2.05, 4.69) is 0 Å². The molecule has 0 spiro atoms. The van der Waals surface area contributed by atoms with Crippen LogP contribution in [0.25, 0.3) is 0 Å². The van der Waals surface area contributed by atoms with E-state index >= 15 is 0 Å². The van der Waals surface area contributed by atoms with E-state index in [1.807, 2.05) is 0 Å². The molecule has 1 saturated heterocycles. The molecule has 1 aromatic carbocycles. The van der Waals surface area contributed by atoms with E-state index in [0.717, 1.165) is 4.90 Å². The zero-order chi connectivity index (χ0) is 17.0. The standard InChI is InChI=1S/C15H17ClN2O4S/c1-2-22-15(21)11(17)8-23-12-7-13(19)18(14(12)20)10-5-3-9(16)4-6-10/h3-6,11-12H,2,7-8,17H2,1H3. The SMILES string of the molecule is CCOC(=O)C(N)CSC1CC(=O)N(c2ccc(Cl)cc2)C1=O. The predicted octanol–water partition coefficient (Wildman–Crippen LogP) is 1.60. The van der Waals surface area contributed by atoms with Crippen molar-refractivity contribution >= 4 is 46.8 Å². The number of nitrogens with two attached hydrogens (primary N) is 1. The van der Waals surface area contributed by atoms with Crippen molar-refractivity contribution in [1.82, 2.24) is 0 Å². The van der Waals surface area contributed by atoms with E-state index in [-0.39, 0.29) is 30.6 Å². The van der Waals surface area contributed by atoms with Gasteiger partial charge >= 0.3 is 5.97 Å². The summed E-state index contributed by atoms with van der Waals surface area (Å²) < 4.78 is 4.82. The lowest BCUT2D eigenvalue weighted by Gasteiger charge is -2.15. The van der Waals surface area contributed by atoms with Crippen molar-refractivity contribution in [1.29, 1.82) is 0 Å². The first-order valence-corrected chi connectivity index (χ1v) is 8.53. The molecule has 0 bridgehead atoms. The normalized spacial score (nSPS) is 19.1. The van der Waals surface area contributed by atoms with Gasteiger partial charge in [0.05, 0.1) is 17.5 Å². The van der Waals surface area contributed by atoms with E-state index in [4.69, 9.17) is 22.1 Å². The fourth-order valence-corrected chi connectivity index (χ4v) is 3.34. The first kappa shape index (κ1) is 17.8. The number of hydrogen-bond donors (Lipinski definition) is 1. The van der Waals surface area contributed by atoms with Gasteiger partial charge in [-0.25, -0.2) is 4.90 Å². The molecule has 1 aliphatic rings. The molecule has 0 aromatic heterocycles. The van der Waals surface area contributed by atoms with Crippen LogP contribution in [0.1, 0.15) is 13.3 Å². The molecule has 2 amide bonds. The van der Waals surface area contributed by atoms with Crippen LogP contribution >= 0.6 is 23.4 Å². The molecule has 6 nitrogen and oxygen atoms in total. The summed E-state index contributed by atoms with van der Waals surface area (Å²) >= 11 is 7.01. The zero-order valence-corrected chi connectivity index (χ0v) is 14.1. The maximum Gasteiger partial charge on any atom is 0.323 e. The highest BCUT2D eigenvalue weighted by Gasteiger charge is 2.40. The molecule has 1 aromatic rings. The number of thioether (sulfide) groups is 1. The predicted molar refractivity (Wildman–Crippen MR) is 89.4 cm³/mol. The third-order valence-corrected chi connectivity index (χ3v) is 4.83. The number of anilines is 1. The molecule has 2 N–H and O–H groups in total. The minimum atomic E-state index is -0.813. The first-order chi connectivity index (χ1) is 10.9. The van der Waals surface area contributed by atoms with Crippen molar-refractivity contribution < 1.29 is 19.1 Å². The van der Waals surface area contributed by atoms with E-state index in [9.17, 15) is 14.4 Å². The number of rotatable bonds is 6. The average molecular weight is 357 g/mol. The van der Waals surface area contributed by atoms with Gasteiger partial charge < -0.3 is 10.5 Å². The Labute approximate surface area is 143 Å². The lowest BCUT2D eigenvalue weighted by Crippen LogP contribution is -2.36. The summed E-state index contributed by atoms with van der Waals surface area (Å²) in [5.41, 5.74) is 6.19. The fourth-order valence-electron chi connectivity index (χ4n) is 2.13. The number of imide groups is 1. The van der Waals surface area contributed by atoms with Crippen LogP contribution in [0.2, 0.25) is 5.02 Å². The van der Waals surface area contributed by atoms with Crippen LogP contribution in [0.3, 0.4) is 0 Å². The molecule has 1 heterocycles. The number of hydrogen-bond acceptors (Lipinski definition) is 6. The molecular formula is C15H17ClN2O4S. The number of ether oxygens (including phenoxy) is 1. The number of carbonyl (C=O) groups is 3. The maximum atomic E-state index is 12.4. The highest BCUT2D eigenvalue weighted by atomic mass is 35.5. The van der Waals surface area contributed by atoms with Crippen molar-refractivity contribution in [2.45, 2.75) is 24.6 Å². The van der Waals surface area contributed by atoms with E-state index in [1.54, 1.807) is 31.2 Å². The van der Waals surface area contributed by atoms with Gasteiger partial charge in [-0.05, 0) is 31.2 Å². The molecule has 2 atom stereocenters. The average Bonchev–Trinajstić information content (AvgIpc) is 2.80. The molecule has 1 fully saturated rings. The van der Waals surface area contributed by atoms with Crippen LogP contribution < -0.4 is 10.6 Å². The van der Waals surface area contributed by atoms with Gasteiger partial charge in [0.1, 0.15) is 6.04 Å². The van der Waals surface area contributed by atoms with Crippen molar-refractivity contribution in [3.05, 3.63) is 29.3 Å². The third-order valence-electron chi connectivity index (χ3n) is 3.26. The molecule has 0 aliphatic carbocycles. The van der Waals surface area contributed by atoms with Gasteiger partial charge in [-0.2, -0.15) is 0 Å². The van der Waals surface area contributed by atoms with Gasteiger partial charge in [0, 0.05) is 17.2 Å². The summed E-state index contributed by atoms with van der Waals surface area (Å²) in [5, 5.41) is -0.0159. The monoisotopic (exact) mass is 356 g/mol. The lowest BCUT2D eigenvalue weighted by atomic mass is 10.3. The van der Waals surface area contributed by atoms with Gasteiger partial charge in [-0.3, -0.25) is 14.4 Å². The van der Waals surface area contributed by atoms with Crippen LogP contribution in [-0.4, -0.2) is 41.4 Å². The van der Waals surface area contributed by atoms with Crippen LogP contribution in [0.5, 0.6) is 0 Å². The number of esters is 1. The zero-order valence-electron chi connectivity index (χ0n) is 12.5. The number of halogens is 1. The Bertz CT molecular complexity index is 608. The Morgan fingerprint density at radius 3 is 2.70 bits per heavy atom. The van der Waals surface area contributed by atoms with Crippen molar-refractivity contribution in [3.63, 3.8) is 0 Å². The van der Waals surface area contributed by atoms with E-state index in [0.29, 0.717) is 10.7 Å². The van der Waals surface area contributed by atoms with Crippen LogP contribution in [0.15, 0.2) is 24.3 Å².